The highest BCUT2D eigenvalue weighted by Gasteiger charge is 2.13. The molecular weight excluding hydrogens is 260 g/mol. The molecule has 0 saturated carbocycles. The standard InChI is InChI=1S/C15H13ClN2O/c1-10-5-3-4-6-12(10)18-14-9-11(16)7-8-13(14)17(2)15(18)19/h3-9H,1-2H3. The lowest BCUT2D eigenvalue weighted by Crippen LogP contribution is -2.21. The van der Waals surface area contributed by atoms with Crippen molar-refractivity contribution in [1.29, 1.82) is 0 Å². The first-order valence-corrected chi connectivity index (χ1v) is 6.40. The van der Waals surface area contributed by atoms with Crippen LogP contribution in [-0.4, -0.2) is 9.13 Å². The summed E-state index contributed by atoms with van der Waals surface area (Å²) in [5.41, 5.74) is 3.58. The molecule has 19 heavy (non-hydrogen) atoms. The van der Waals surface area contributed by atoms with Crippen molar-refractivity contribution in [2.75, 3.05) is 0 Å². The number of rotatable bonds is 1. The van der Waals surface area contributed by atoms with Crippen molar-refractivity contribution in [3.05, 3.63) is 63.5 Å². The normalized spacial score (nSPS) is 11.1. The lowest BCUT2D eigenvalue weighted by Gasteiger charge is -2.06. The van der Waals surface area contributed by atoms with Crippen molar-refractivity contribution in [3.8, 4) is 5.69 Å². The molecule has 0 aliphatic rings. The highest BCUT2D eigenvalue weighted by Crippen LogP contribution is 2.22. The number of hydrogen-bond donors (Lipinski definition) is 0. The fourth-order valence-electron chi connectivity index (χ4n) is 2.36. The Morgan fingerprint density at radius 3 is 2.53 bits per heavy atom. The van der Waals surface area contributed by atoms with Crippen LogP contribution in [0.1, 0.15) is 5.56 Å². The van der Waals surface area contributed by atoms with E-state index in [-0.39, 0.29) is 5.69 Å². The van der Waals surface area contributed by atoms with Gasteiger partial charge in [0.05, 0.1) is 16.7 Å². The Kier molecular flexibility index (Phi) is 2.72. The molecule has 3 nitrogen and oxygen atoms in total. The molecule has 3 rings (SSSR count). The van der Waals surface area contributed by atoms with Gasteiger partial charge in [-0.25, -0.2) is 4.79 Å². The van der Waals surface area contributed by atoms with E-state index in [1.165, 1.54) is 0 Å². The van der Waals surface area contributed by atoms with E-state index in [2.05, 4.69) is 0 Å². The van der Waals surface area contributed by atoms with Crippen LogP contribution in [0.15, 0.2) is 47.3 Å². The summed E-state index contributed by atoms with van der Waals surface area (Å²) in [5.74, 6) is 0. The van der Waals surface area contributed by atoms with Crippen LogP contribution in [0, 0.1) is 6.92 Å². The van der Waals surface area contributed by atoms with E-state index < -0.39 is 0 Å². The molecule has 96 valence electrons. The van der Waals surface area contributed by atoms with Crippen molar-refractivity contribution in [2.24, 2.45) is 7.05 Å². The maximum atomic E-state index is 12.4. The maximum Gasteiger partial charge on any atom is 0.333 e. The molecule has 0 unspecified atom stereocenters. The Morgan fingerprint density at radius 1 is 1.05 bits per heavy atom. The summed E-state index contributed by atoms with van der Waals surface area (Å²) in [6.07, 6.45) is 0. The minimum Gasteiger partial charge on any atom is -0.295 e. The van der Waals surface area contributed by atoms with Crippen molar-refractivity contribution in [1.82, 2.24) is 9.13 Å². The highest BCUT2D eigenvalue weighted by molar-refractivity contribution is 6.31. The van der Waals surface area contributed by atoms with Crippen LogP contribution in [0.25, 0.3) is 16.7 Å². The molecule has 4 heteroatoms. The third-order valence-corrected chi connectivity index (χ3v) is 3.61. The van der Waals surface area contributed by atoms with Crippen LogP contribution in [0.2, 0.25) is 5.02 Å². The van der Waals surface area contributed by atoms with Gasteiger partial charge in [-0.2, -0.15) is 0 Å². The van der Waals surface area contributed by atoms with Gasteiger partial charge in [-0.3, -0.25) is 9.13 Å². The smallest absolute Gasteiger partial charge is 0.295 e. The van der Waals surface area contributed by atoms with Crippen molar-refractivity contribution < 1.29 is 0 Å². The van der Waals surface area contributed by atoms with Gasteiger partial charge in [0, 0.05) is 12.1 Å². The van der Waals surface area contributed by atoms with Crippen LogP contribution in [-0.2, 0) is 7.05 Å². The number of aromatic nitrogens is 2. The number of halogens is 1. The Bertz CT molecular complexity index is 830. The molecule has 0 bridgehead atoms. The van der Waals surface area contributed by atoms with Gasteiger partial charge in [0.2, 0.25) is 0 Å². The lowest BCUT2D eigenvalue weighted by molar-refractivity contribution is 0.844. The van der Waals surface area contributed by atoms with Crippen molar-refractivity contribution in [2.45, 2.75) is 6.92 Å². The predicted molar refractivity (Wildman–Crippen MR) is 78.3 cm³/mol. The summed E-state index contributed by atoms with van der Waals surface area (Å²) in [7, 11) is 1.77. The largest absolute Gasteiger partial charge is 0.333 e. The second kappa shape index (κ2) is 4.28. The number of nitrogens with zero attached hydrogens (tertiary/aromatic N) is 2. The van der Waals surface area contributed by atoms with Gasteiger partial charge >= 0.3 is 5.69 Å². The summed E-state index contributed by atoms with van der Waals surface area (Å²) >= 11 is 6.05. The van der Waals surface area contributed by atoms with E-state index in [1.54, 1.807) is 22.2 Å². The zero-order valence-electron chi connectivity index (χ0n) is 10.7. The summed E-state index contributed by atoms with van der Waals surface area (Å²) in [4.78, 5) is 12.4. The van der Waals surface area contributed by atoms with Gasteiger partial charge in [0.1, 0.15) is 0 Å². The minimum absolute atomic E-state index is 0.0634. The van der Waals surface area contributed by atoms with Crippen LogP contribution in [0.4, 0.5) is 0 Å². The number of para-hydroxylation sites is 1. The predicted octanol–water partition coefficient (Wildman–Crippen LogP) is 3.29. The molecule has 0 fully saturated rings. The first-order chi connectivity index (χ1) is 9.09. The van der Waals surface area contributed by atoms with E-state index in [1.807, 2.05) is 43.3 Å². The van der Waals surface area contributed by atoms with Gasteiger partial charge in [-0.1, -0.05) is 29.8 Å². The van der Waals surface area contributed by atoms with Gasteiger partial charge < -0.3 is 0 Å². The van der Waals surface area contributed by atoms with E-state index in [4.69, 9.17) is 11.6 Å². The second-order valence-corrected chi connectivity index (χ2v) is 5.03. The molecule has 0 aliphatic carbocycles. The molecule has 0 atom stereocenters. The number of fused-ring (bicyclic) bond motifs is 1. The van der Waals surface area contributed by atoms with E-state index in [0.29, 0.717) is 5.02 Å². The Labute approximate surface area is 115 Å². The van der Waals surface area contributed by atoms with Crippen molar-refractivity contribution in [3.63, 3.8) is 0 Å². The maximum absolute atomic E-state index is 12.4. The molecule has 1 heterocycles. The molecule has 2 aromatic carbocycles. The first-order valence-electron chi connectivity index (χ1n) is 6.02. The molecule has 0 spiro atoms. The molecule has 0 saturated heterocycles. The SMILES string of the molecule is Cc1ccccc1-n1c(=O)n(C)c2ccc(Cl)cc21. The zero-order valence-corrected chi connectivity index (χ0v) is 11.5. The average molecular weight is 273 g/mol. The number of hydrogen-bond acceptors (Lipinski definition) is 1. The molecule has 1 aromatic heterocycles. The summed E-state index contributed by atoms with van der Waals surface area (Å²) in [6.45, 7) is 1.99. The number of imidazole rings is 1. The fourth-order valence-corrected chi connectivity index (χ4v) is 2.53. The molecule has 0 aliphatic heterocycles. The van der Waals surface area contributed by atoms with Gasteiger partial charge in [-0.05, 0) is 36.8 Å². The molecule has 0 N–H and O–H groups in total. The zero-order chi connectivity index (χ0) is 13.6. The monoisotopic (exact) mass is 272 g/mol. The minimum atomic E-state index is -0.0634. The van der Waals surface area contributed by atoms with Gasteiger partial charge in [-0.15, -0.1) is 0 Å². The van der Waals surface area contributed by atoms with Gasteiger partial charge in [0.15, 0.2) is 0 Å². The average Bonchev–Trinajstić information content (AvgIpc) is 2.63. The van der Waals surface area contributed by atoms with E-state index >= 15 is 0 Å². The van der Waals surface area contributed by atoms with Gasteiger partial charge in [0.25, 0.3) is 0 Å². The van der Waals surface area contributed by atoms with Crippen LogP contribution >= 0.6 is 11.6 Å². The quantitative estimate of drug-likeness (QED) is 0.668. The van der Waals surface area contributed by atoms with Crippen LogP contribution < -0.4 is 5.69 Å². The Hall–Kier alpha value is -2.00. The Morgan fingerprint density at radius 2 is 1.79 bits per heavy atom. The lowest BCUT2D eigenvalue weighted by atomic mass is 10.2. The highest BCUT2D eigenvalue weighted by atomic mass is 35.5. The summed E-state index contributed by atoms with van der Waals surface area (Å²) in [6, 6.07) is 13.3. The third-order valence-electron chi connectivity index (χ3n) is 3.37. The van der Waals surface area contributed by atoms with Crippen LogP contribution in [0.3, 0.4) is 0 Å². The van der Waals surface area contributed by atoms with E-state index in [9.17, 15) is 4.79 Å². The molecule has 0 radical (unpaired) electrons. The Balaban J connectivity index is 2.48. The molecular formula is C15H13ClN2O. The first kappa shape index (κ1) is 12.1. The van der Waals surface area contributed by atoms with E-state index in [0.717, 1.165) is 22.3 Å². The fraction of sp³-hybridized carbons (Fsp3) is 0.133. The molecule has 3 aromatic rings. The van der Waals surface area contributed by atoms with Crippen LogP contribution in [0.5, 0.6) is 0 Å². The topological polar surface area (TPSA) is 26.9 Å². The second-order valence-electron chi connectivity index (χ2n) is 4.60. The number of benzene rings is 2. The molecule has 0 amide bonds. The number of aryl methyl sites for hydroxylation is 2. The van der Waals surface area contributed by atoms with Crippen molar-refractivity contribution >= 4 is 22.6 Å². The third kappa shape index (κ3) is 1.78. The summed E-state index contributed by atoms with van der Waals surface area (Å²) < 4.78 is 3.34. The summed E-state index contributed by atoms with van der Waals surface area (Å²) in [5, 5.41) is 0.625.